The van der Waals surface area contributed by atoms with Crippen molar-refractivity contribution in [3.8, 4) is 5.69 Å². The summed E-state index contributed by atoms with van der Waals surface area (Å²) in [5, 5.41) is -0.00736. The predicted molar refractivity (Wildman–Crippen MR) is 99.6 cm³/mol. The quantitative estimate of drug-likeness (QED) is 0.383. The van der Waals surface area contributed by atoms with Crippen LogP contribution in [0, 0.1) is 5.82 Å². The van der Waals surface area contributed by atoms with E-state index in [1.54, 1.807) is 31.2 Å². The van der Waals surface area contributed by atoms with E-state index in [1.807, 2.05) is 0 Å². The number of esters is 1. The summed E-state index contributed by atoms with van der Waals surface area (Å²) in [6.45, 7) is 1.65. The van der Waals surface area contributed by atoms with Crippen LogP contribution in [0.25, 0.3) is 16.6 Å². The van der Waals surface area contributed by atoms with Crippen molar-refractivity contribution in [2.75, 3.05) is 7.11 Å². The number of benzene rings is 2. The molecule has 3 rings (SSSR count). The van der Waals surface area contributed by atoms with Gasteiger partial charge in [-0.15, -0.1) is 0 Å². The van der Waals surface area contributed by atoms with Crippen molar-refractivity contribution in [2.45, 2.75) is 17.3 Å². The Labute approximate surface area is 157 Å². The third kappa shape index (κ3) is 3.45. The third-order valence-corrected chi connectivity index (χ3v) is 5.04. The van der Waals surface area contributed by atoms with Gasteiger partial charge >= 0.3 is 5.97 Å². The van der Waals surface area contributed by atoms with E-state index in [4.69, 9.17) is 16.3 Å². The van der Waals surface area contributed by atoms with Crippen molar-refractivity contribution in [1.29, 1.82) is 0 Å². The van der Waals surface area contributed by atoms with Gasteiger partial charge in [-0.1, -0.05) is 35.5 Å². The largest absolute Gasteiger partial charge is 0.468 e. The van der Waals surface area contributed by atoms with Gasteiger partial charge in [-0.25, -0.2) is 9.37 Å². The maximum atomic E-state index is 13.5. The molecule has 1 aromatic heterocycles. The molecule has 5 nitrogen and oxygen atoms in total. The topological polar surface area (TPSA) is 61.2 Å². The van der Waals surface area contributed by atoms with E-state index >= 15 is 0 Å². The van der Waals surface area contributed by atoms with Gasteiger partial charge in [0.1, 0.15) is 11.1 Å². The van der Waals surface area contributed by atoms with Crippen molar-refractivity contribution >= 4 is 40.2 Å². The maximum Gasteiger partial charge on any atom is 0.318 e. The highest BCUT2D eigenvalue weighted by molar-refractivity contribution is 8.00. The number of para-hydroxylation sites is 1. The van der Waals surface area contributed by atoms with E-state index in [2.05, 4.69) is 4.98 Å². The predicted octanol–water partition coefficient (Wildman–Crippen LogP) is 3.83. The van der Waals surface area contributed by atoms with Gasteiger partial charge in [-0.2, -0.15) is 0 Å². The average molecular weight is 393 g/mol. The fraction of sp³-hybridized carbons (Fsp3) is 0.167. The molecular formula is C18H14ClFN2O3S. The van der Waals surface area contributed by atoms with Crippen LogP contribution < -0.4 is 5.56 Å². The van der Waals surface area contributed by atoms with Crippen LogP contribution in [0.4, 0.5) is 4.39 Å². The molecule has 0 saturated heterocycles. The minimum Gasteiger partial charge on any atom is -0.468 e. The molecule has 0 spiro atoms. The summed E-state index contributed by atoms with van der Waals surface area (Å²) in [4.78, 5) is 29.3. The van der Waals surface area contributed by atoms with Crippen molar-refractivity contribution in [1.82, 2.24) is 9.55 Å². The molecule has 0 aliphatic rings. The molecule has 0 saturated carbocycles. The lowest BCUT2D eigenvalue weighted by Crippen LogP contribution is -2.24. The van der Waals surface area contributed by atoms with Crippen LogP contribution in [-0.4, -0.2) is 27.9 Å². The molecule has 0 amide bonds. The number of rotatable bonds is 4. The van der Waals surface area contributed by atoms with E-state index in [-0.39, 0.29) is 15.7 Å². The molecule has 8 heteroatoms. The molecule has 26 heavy (non-hydrogen) atoms. The van der Waals surface area contributed by atoms with Gasteiger partial charge in [-0.05, 0) is 37.3 Å². The van der Waals surface area contributed by atoms with Gasteiger partial charge in [-0.3, -0.25) is 14.2 Å². The second kappa shape index (κ2) is 7.47. The summed E-state index contributed by atoms with van der Waals surface area (Å²) in [6.07, 6.45) is 0. The number of carbonyl (C=O) groups is 1. The molecule has 1 atom stereocenters. The van der Waals surface area contributed by atoms with Gasteiger partial charge in [0.05, 0.1) is 28.7 Å². The second-order valence-corrected chi connectivity index (χ2v) is 7.15. The van der Waals surface area contributed by atoms with Crippen LogP contribution in [0.5, 0.6) is 0 Å². The van der Waals surface area contributed by atoms with Crippen LogP contribution in [-0.2, 0) is 9.53 Å². The number of fused-ring (bicyclic) bond motifs is 1. The maximum absolute atomic E-state index is 13.5. The summed E-state index contributed by atoms with van der Waals surface area (Å²) in [5.41, 5.74) is 0.526. The lowest BCUT2D eigenvalue weighted by Gasteiger charge is -2.15. The first-order valence-corrected chi connectivity index (χ1v) is 8.90. The molecule has 2 aromatic carbocycles. The Balaban J connectivity index is 2.25. The molecule has 0 bridgehead atoms. The van der Waals surface area contributed by atoms with Crippen molar-refractivity contribution in [3.63, 3.8) is 0 Å². The Morgan fingerprint density at radius 1 is 1.31 bits per heavy atom. The van der Waals surface area contributed by atoms with Crippen LogP contribution in [0.1, 0.15) is 6.92 Å². The summed E-state index contributed by atoms with van der Waals surface area (Å²) in [6, 6.07) is 10.8. The zero-order valence-electron chi connectivity index (χ0n) is 13.9. The molecule has 1 unspecified atom stereocenters. The number of halogens is 2. The lowest BCUT2D eigenvalue weighted by molar-refractivity contribution is -0.139. The van der Waals surface area contributed by atoms with Gasteiger partial charge in [0.15, 0.2) is 5.16 Å². The number of nitrogens with zero attached hydrogens (tertiary/aromatic N) is 2. The zero-order valence-corrected chi connectivity index (χ0v) is 15.5. The summed E-state index contributed by atoms with van der Waals surface area (Å²) < 4.78 is 19.6. The number of methoxy groups -OCH3 is 1. The smallest absolute Gasteiger partial charge is 0.318 e. The number of hydrogen-bond acceptors (Lipinski definition) is 5. The minimum atomic E-state index is -0.589. The first-order valence-electron chi connectivity index (χ1n) is 7.64. The van der Waals surface area contributed by atoms with Crippen LogP contribution in [0.3, 0.4) is 0 Å². The molecule has 0 fully saturated rings. The SMILES string of the molecule is COC(=O)C(C)Sc1nc2ccccc2c(=O)n1-c1ccc(F)c(Cl)c1. The first-order chi connectivity index (χ1) is 12.4. The number of ether oxygens (including phenoxy) is 1. The average Bonchev–Trinajstić information content (AvgIpc) is 2.64. The molecule has 134 valence electrons. The highest BCUT2D eigenvalue weighted by atomic mass is 35.5. The highest BCUT2D eigenvalue weighted by Crippen LogP contribution is 2.27. The molecule has 3 aromatic rings. The Hall–Kier alpha value is -2.38. The van der Waals surface area contributed by atoms with Gasteiger partial charge in [0.25, 0.3) is 5.56 Å². The lowest BCUT2D eigenvalue weighted by atomic mass is 10.2. The zero-order chi connectivity index (χ0) is 18.8. The highest BCUT2D eigenvalue weighted by Gasteiger charge is 2.21. The first kappa shape index (κ1) is 18.4. The Morgan fingerprint density at radius 2 is 2.04 bits per heavy atom. The van der Waals surface area contributed by atoms with E-state index in [0.29, 0.717) is 16.6 Å². The Kier molecular flexibility index (Phi) is 5.29. The third-order valence-electron chi connectivity index (χ3n) is 3.72. The number of hydrogen-bond donors (Lipinski definition) is 0. The fourth-order valence-electron chi connectivity index (χ4n) is 2.42. The molecule has 0 aliphatic carbocycles. The normalized spacial score (nSPS) is 12.2. The van der Waals surface area contributed by atoms with Crippen LogP contribution in [0.15, 0.2) is 52.4 Å². The Bertz CT molecular complexity index is 1050. The fourth-order valence-corrected chi connectivity index (χ4v) is 3.54. The Morgan fingerprint density at radius 3 is 2.73 bits per heavy atom. The molecule has 0 radical (unpaired) electrons. The van der Waals surface area contributed by atoms with E-state index < -0.39 is 17.0 Å². The monoisotopic (exact) mass is 392 g/mol. The number of carbonyl (C=O) groups excluding carboxylic acids is 1. The van der Waals surface area contributed by atoms with Crippen LogP contribution in [0.2, 0.25) is 5.02 Å². The molecule has 1 heterocycles. The summed E-state index contributed by atoms with van der Waals surface area (Å²) in [5.74, 6) is -1.03. The standard InChI is InChI=1S/C18H14ClFN2O3S/c1-10(17(24)25-2)26-18-21-15-6-4-3-5-12(15)16(23)22(18)11-7-8-14(20)13(19)9-11/h3-10H,1-2H3. The number of thioether (sulfide) groups is 1. The van der Waals surface area contributed by atoms with Crippen molar-refractivity contribution in [3.05, 3.63) is 63.7 Å². The van der Waals surface area contributed by atoms with Crippen LogP contribution >= 0.6 is 23.4 Å². The van der Waals surface area contributed by atoms with E-state index in [9.17, 15) is 14.0 Å². The van der Waals surface area contributed by atoms with Crippen molar-refractivity contribution in [2.24, 2.45) is 0 Å². The van der Waals surface area contributed by atoms with Gasteiger partial charge in [0.2, 0.25) is 0 Å². The molecule has 0 N–H and O–H groups in total. The second-order valence-electron chi connectivity index (χ2n) is 5.43. The molecular weight excluding hydrogens is 379 g/mol. The number of aromatic nitrogens is 2. The summed E-state index contributed by atoms with van der Waals surface area (Å²) >= 11 is 6.95. The van der Waals surface area contributed by atoms with Gasteiger partial charge in [0, 0.05) is 0 Å². The minimum absolute atomic E-state index is 0.112. The van der Waals surface area contributed by atoms with Gasteiger partial charge < -0.3 is 4.74 Å². The van der Waals surface area contributed by atoms with E-state index in [0.717, 1.165) is 11.8 Å². The summed E-state index contributed by atoms with van der Waals surface area (Å²) in [7, 11) is 1.29. The van der Waals surface area contributed by atoms with Crippen molar-refractivity contribution < 1.29 is 13.9 Å². The van der Waals surface area contributed by atoms with E-state index in [1.165, 1.54) is 29.9 Å². The molecule has 0 aliphatic heterocycles.